The minimum Gasteiger partial charge on any atom is -0.465 e. The summed E-state index contributed by atoms with van der Waals surface area (Å²) in [4.78, 5) is 23.7. The first-order chi connectivity index (χ1) is 15.3. The summed E-state index contributed by atoms with van der Waals surface area (Å²) in [6, 6.07) is 0. The molecule has 0 saturated heterocycles. The van der Waals surface area contributed by atoms with Crippen LogP contribution in [0.5, 0.6) is 0 Å². The van der Waals surface area contributed by atoms with Crippen molar-refractivity contribution < 1.29 is 32.0 Å². The second kappa shape index (κ2) is 20.2. The molecule has 1 N–H and O–H groups in total. The summed E-state index contributed by atoms with van der Waals surface area (Å²) in [6.45, 7) is 5.81. The lowest BCUT2D eigenvalue weighted by molar-refractivity contribution is -0.150. The third-order valence-corrected chi connectivity index (χ3v) is 6.38. The molecule has 188 valence electrons. The number of carbonyl (C=O) groups excluding carboxylic acids is 2. The van der Waals surface area contributed by atoms with E-state index < -0.39 is 33.7 Å². The van der Waals surface area contributed by atoms with Gasteiger partial charge < -0.3 is 9.47 Å². The van der Waals surface area contributed by atoms with Gasteiger partial charge in [-0.15, -0.1) is 6.58 Å². The molecule has 1 atom stereocenters. The van der Waals surface area contributed by atoms with Crippen LogP contribution in [-0.2, 0) is 29.2 Å². The molecule has 0 rings (SSSR count). The van der Waals surface area contributed by atoms with E-state index >= 15 is 0 Å². The average Bonchev–Trinajstić information content (AvgIpc) is 2.74. The van der Waals surface area contributed by atoms with Crippen LogP contribution >= 0.6 is 0 Å². The highest BCUT2D eigenvalue weighted by atomic mass is 32.2. The molecule has 0 saturated carbocycles. The van der Waals surface area contributed by atoms with Crippen molar-refractivity contribution >= 4 is 22.1 Å². The van der Waals surface area contributed by atoms with Gasteiger partial charge in [-0.1, -0.05) is 96.5 Å². The first-order valence-corrected chi connectivity index (χ1v) is 13.7. The van der Waals surface area contributed by atoms with Crippen LogP contribution in [0, 0.1) is 0 Å². The van der Waals surface area contributed by atoms with Crippen LogP contribution in [0.15, 0.2) is 12.7 Å². The topological polar surface area (TPSA) is 107 Å². The largest absolute Gasteiger partial charge is 0.465 e. The Hall–Kier alpha value is -1.41. The molecule has 32 heavy (non-hydrogen) atoms. The van der Waals surface area contributed by atoms with Crippen molar-refractivity contribution in [3.05, 3.63) is 12.7 Å². The van der Waals surface area contributed by atoms with Crippen LogP contribution in [0.2, 0.25) is 0 Å². The molecule has 0 aliphatic heterocycles. The molecule has 0 aliphatic carbocycles. The molecule has 0 aromatic heterocycles. The predicted octanol–water partition coefficient (Wildman–Crippen LogP) is 5.78. The number of hydrogen-bond acceptors (Lipinski definition) is 6. The highest BCUT2D eigenvalue weighted by molar-refractivity contribution is 7.87. The number of unbranched alkanes of at least 4 members (excludes halogenated alkanes) is 13. The maximum absolute atomic E-state index is 12.0. The lowest BCUT2D eigenvalue weighted by atomic mass is 10.0. The van der Waals surface area contributed by atoms with E-state index in [1.54, 1.807) is 0 Å². The fourth-order valence-electron chi connectivity index (χ4n) is 3.34. The van der Waals surface area contributed by atoms with Crippen molar-refractivity contribution in [3.63, 3.8) is 0 Å². The fraction of sp³-hybridized carbons (Fsp3) is 0.833. The normalized spacial score (nSPS) is 12.3. The molecule has 0 aromatic carbocycles. The number of ether oxygens (including phenoxy) is 2. The number of carbonyl (C=O) groups is 2. The van der Waals surface area contributed by atoms with Gasteiger partial charge in [0, 0.05) is 0 Å². The molecule has 0 amide bonds. The minimum atomic E-state index is -4.76. The van der Waals surface area contributed by atoms with Crippen LogP contribution in [0.1, 0.15) is 110 Å². The van der Waals surface area contributed by atoms with Crippen LogP contribution < -0.4 is 0 Å². The van der Waals surface area contributed by atoms with E-state index in [0.717, 1.165) is 19.3 Å². The Labute approximate surface area is 195 Å². The van der Waals surface area contributed by atoms with E-state index in [1.165, 1.54) is 70.3 Å². The minimum absolute atomic E-state index is 0.0363. The zero-order valence-electron chi connectivity index (χ0n) is 19.9. The first-order valence-electron chi connectivity index (χ1n) is 12.2. The summed E-state index contributed by atoms with van der Waals surface area (Å²) in [7, 11) is -4.76. The van der Waals surface area contributed by atoms with Crippen LogP contribution in [0.4, 0.5) is 0 Å². The van der Waals surface area contributed by atoms with Gasteiger partial charge in [-0.2, -0.15) is 8.42 Å². The Morgan fingerprint density at radius 1 is 0.812 bits per heavy atom. The maximum atomic E-state index is 12.0. The molecular formula is C24H44O7S. The summed E-state index contributed by atoms with van der Waals surface area (Å²) in [5, 5.41) is -1.95. The van der Waals surface area contributed by atoms with Gasteiger partial charge in [0.15, 0.2) is 5.25 Å². The van der Waals surface area contributed by atoms with Crippen LogP contribution in [0.25, 0.3) is 0 Å². The van der Waals surface area contributed by atoms with Crippen molar-refractivity contribution in [1.82, 2.24) is 0 Å². The molecular weight excluding hydrogens is 432 g/mol. The molecule has 0 aromatic rings. The number of hydrogen-bond donors (Lipinski definition) is 1. The lowest BCUT2D eigenvalue weighted by Gasteiger charge is -2.13. The van der Waals surface area contributed by atoms with Gasteiger partial charge in [0.05, 0.1) is 19.6 Å². The van der Waals surface area contributed by atoms with Gasteiger partial charge in [0.2, 0.25) is 0 Å². The second-order valence-corrected chi connectivity index (χ2v) is 9.87. The van der Waals surface area contributed by atoms with E-state index in [1.807, 2.05) is 0 Å². The highest BCUT2D eigenvalue weighted by Gasteiger charge is 2.35. The Balaban J connectivity index is 3.79. The summed E-state index contributed by atoms with van der Waals surface area (Å²) < 4.78 is 41.9. The van der Waals surface area contributed by atoms with Crippen molar-refractivity contribution in [1.29, 1.82) is 0 Å². The third-order valence-electron chi connectivity index (χ3n) is 5.30. The van der Waals surface area contributed by atoms with E-state index in [9.17, 15) is 22.6 Å². The second-order valence-electron chi connectivity index (χ2n) is 8.27. The van der Waals surface area contributed by atoms with Crippen molar-refractivity contribution in [2.45, 2.75) is 115 Å². The molecule has 1 unspecified atom stereocenters. The zero-order valence-corrected chi connectivity index (χ0v) is 20.7. The smallest absolute Gasteiger partial charge is 0.327 e. The van der Waals surface area contributed by atoms with Gasteiger partial charge in [-0.05, 0) is 12.8 Å². The molecule has 7 nitrogen and oxygen atoms in total. The number of rotatable bonds is 22. The van der Waals surface area contributed by atoms with Gasteiger partial charge in [-0.25, -0.2) is 0 Å². The van der Waals surface area contributed by atoms with Gasteiger partial charge in [-0.3, -0.25) is 14.1 Å². The van der Waals surface area contributed by atoms with Crippen molar-refractivity contribution in [2.24, 2.45) is 0 Å². The average molecular weight is 477 g/mol. The van der Waals surface area contributed by atoms with Gasteiger partial charge in [0.25, 0.3) is 10.1 Å². The SMILES string of the molecule is C=CCCOC(=O)CC(C(=O)OCCCCCCCCCCCCCCCC)S(=O)(=O)O. The lowest BCUT2D eigenvalue weighted by Crippen LogP contribution is -2.34. The fourth-order valence-corrected chi connectivity index (χ4v) is 4.00. The molecule has 0 bridgehead atoms. The van der Waals surface area contributed by atoms with E-state index in [0.29, 0.717) is 12.8 Å². The van der Waals surface area contributed by atoms with Crippen molar-refractivity contribution in [3.8, 4) is 0 Å². The summed E-state index contributed by atoms with van der Waals surface area (Å²) in [5.74, 6) is -2.01. The molecule has 0 fully saturated rings. The zero-order chi connectivity index (χ0) is 24.1. The van der Waals surface area contributed by atoms with Gasteiger partial charge in [0.1, 0.15) is 0 Å². The maximum Gasteiger partial charge on any atom is 0.327 e. The molecule has 8 heteroatoms. The van der Waals surface area contributed by atoms with Gasteiger partial charge >= 0.3 is 11.9 Å². The van der Waals surface area contributed by atoms with Crippen molar-refractivity contribution in [2.75, 3.05) is 13.2 Å². The highest BCUT2D eigenvalue weighted by Crippen LogP contribution is 2.13. The Kier molecular flexibility index (Phi) is 19.3. The number of esters is 2. The molecule has 0 radical (unpaired) electrons. The molecule has 0 heterocycles. The molecule has 0 aliphatic rings. The quantitative estimate of drug-likeness (QED) is 0.0913. The van der Waals surface area contributed by atoms with Crippen LogP contribution in [0.3, 0.4) is 0 Å². The Morgan fingerprint density at radius 2 is 1.28 bits per heavy atom. The Bertz CT molecular complexity index is 601. The summed E-state index contributed by atoms with van der Waals surface area (Å²) in [6.07, 6.45) is 18.0. The predicted molar refractivity (Wildman–Crippen MR) is 127 cm³/mol. The van der Waals surface area contributed by atoms with E-state index in [4.69, 9.17) is 9.47 Å². The van der Waals surface area contributed by atoms with Crippen LogP contribution in [-0.4, -0.2) is 43.4 Å². The Morgan fingerprint density at radius 3 is 1.72 bits per heavy atom. The summed E-state index contributed by atoms with van der Waals surface area (Å²) in [5.41, 5.74) is 0. The summed E-state index contributed by atoms with van der Waals surface area (Å²) >= 11 is 0. The first kappa shape index (κ1) is 30.6. The standard InChI is InChI=1S/C24H44O7S/c1-3-5-7-8-9-10-11-12-13-14-15-16-17-18-20-31-24(26)22(32(27,28)29)21-23(25)30-19-6-4-2/h4,22H,2-3,5-21H2,1H3,(H,27,28,29). The monoisotopic (exact) mass is 476 g/mol. The third kappa shape index (κ3) is 18.2. The van der Waals surface area contributed by atoms with E-state index in [2.05, 4.69) is 13.5 Å². The van der Waals surface area contributed by atoms with E-state index in [-0.39, 0.29) is 13.2 Å². The molecule has 0 spiro atoms.